The average molecular weight is 220 g/mol. The van der Waals surface area contributed by atoms with Crippen molar-refractivity contribution in [2.45, 2.75) is 59.8 Å². The minimum Gasteiger partial charge on any atom is -0.300 e. The number of Topliss-reactive ketones (excluding diaryl/α,β-unsaturated/α-hetero) is 1. The van der Waals surface area contributed by atoms with E-state index in [0.717, 1.165) is 12.8 Å². The summed E-state index contributed by atoms with van der Waals surface area (Å²) in [5.41, 5.74) is 3.61. The Hall–Kier alpha value is -0.590. The van der Waals surface area contributed by atoms with Gasteiger partial charge in [0, 0.05) is 12.8 Å². The molecule has 1 spiro atoms. The highest BCUT2D eigenvalue weighted by Crippen LogP contribution is 2.56. The number of hydrogen-bond acceptors (Lipinski definition) is 1. The van der Waals surface area contributed by atoms with Gasteiger partial charge in [-0.2, -0.15) is 0 Å². The Kier molecular flexibility index (Phi) is 2.98. The Morgan fingerprint density at radius 3 is 2.19 bits per heavy atom. The molecule has 2 aliphatic rings. The normalized spacial score (nSPS) is 39.5. The number of carbonyl (C=O) groups excluding carboxylic acids is 1. The molecule has 2 saturated carbocycles. The Balaban J connectivity index is 2.26. The van der Waals surface area contributed by atoms with Crippen molar-refractivity contribution >= 4 is 5.78 Å². The zero-order valence-corrected chi connectivity index (χ0v) is 11.1. The van der Waals surface area contributed by atoms with Gasteiger partial charge in [-0.15, -0.1) is 0 Å². The van der Waals surface area contributed by atoms with Crippen molar-refractivity contribution in [2.75, 3.05) is 0 Å². The molecular formula is C15H24O. The summed E-state index contributed by atoms with van der Waals surface area (Å²) in [6.07, 6.45) is 5.47. The van der Waals surface area contributed by atoms with Gasteiger partial charge in [0.15, 0.2) is 0 Å². The quantitative estimate of drug-likeness (QED) is 0.561. The molecule has 1 heteroatoms. The van der Waals surface area contributed by atoms with Crippen molar-refractivity contribution in [2.24, 2.45) is 17.3 Å². The third-order valence-corrected chi connectivity index (χ3v) is 5.17. The molecule has 1 nitrogen and oxygen atoms in total. The minimum absolute atomic E-state index is 0.445. The van der Waals surface area contributed by atoms with E-state index >= 15 is 0 Å². The molecule has 0 amide bonds. The van der Waals surface area contributed by atoms with Crippen LogP contribution in [0.4, 0.5) is 0 Å². The van der Waals surface area contributed by atoms with Gasteiger partial charge in [0.25, 0.3) is 0 Å². The van der Waals surface area contributed by atoms with Gasteiger partial charge in [-0.3, -0.25) is 4.79 Å². The summed E-state index contributed by atoms with van der Waals surface area (Å²) in [5.74, 6) is 1.65. The molecule has 0 radical (unpaired) electrons. The van der Waals surface area contributed by atoms with Gasteiger partial charge >= 0.3 is 0 Å². The lowest BCUT2D eigenvalue weighted by Gasteiger charge is -2.44. The van der Waals surface area contributed by atoms with Gasteiger partial charge in [0.05, 0.1) is 0 Å². The second-order valence-electron chi connectivity index (χ2n) is 6.26. The lowest BCUT2D eigenvalue weighted by Crippen LogP contribution is -2.39. The Bertz CT molecular complexity index is 319. The molecule has 0 aromatic rings. The molecular weight excluding hydrogens is 196 g/mol. The SMILES string of the molecule is CC(C)=C1CCC2(C1)C(C)CC(=O)CC2C. The standard InChI is InChI=1S/C15H24O/c1-10(2)13-5-6-15(9-13)11(3)7-14(16)8-12(15)4/h11-12H,5-9H2,1-4H3. The molecule has 90 valence electrons. The first-order valence-corrected chi connectivity index (χ1v) is 6.62. The largest absolute Gasteiger partial charge is 0.300 e. The van der Waals surface area contributed by atoms with Crippen LogP contribution in [0.1, 0.15) is 59.8 Å². The maximum Gasteiger partial charge on any atom is 0.133 e. The molecule has 2 unspecified atom stereocenters. The van der Waals surface area contributed by atoms with Crippen LogP contribution in [0.3, 0.4) is 0 Å². The third kappa shape index (κ3) is 1.74. The van der Waals surface area contributed by atoms with Crippen molar-refractivity contribution in [3.63, 3.8) is 0 Å². The Morgan fingerprint density at radius 1 is 1.19 bits per heavy atom. The third-order valence-electron chi connectivity index (χ3n) is 5.17. The van der Waals surface area contributed by atoms with Gasteiger partial charge < -0.3 is 0 Å². The second-order valence-corrected chi connectivity index (χ2v) is 6.26. The van der Waals surface area contributed by atoms with Crippen molar-refractivity contribution < 1.29 is 4.79 Å². The van der Waals surface area contributed by atoms with E-state index in [1.165, 1.54) is 24.8 Å². The van der Waals surface area contributed by atoms with Crippen LogP contribution in [0.15, 0.2) is 11.1 Å². The number of carbonyl (C=O) groups is 1. The van der Waals surface area contributed by atoms with E-state index in [1.54, 1.807) is 5.57 Å². The van der Waals surface area contributed by atoms with Gasteiger partial charge in [-0.25, -0.2) is 0 Å². The van der Waals surface area contributed by atoms with E-state index in [-0.39, 0.29) is 0 Å². The molecule has 0 aromatic carbocycles. The fraction of sp³-hybridized carbons (Fsp3) is 0.800. The molecule has 2 fully saturated rings. The van der Waals surface area contributed by atoms with Crippen LogP contribution < -0.4 is 0 Å². The first kappa shape index (κ1) is 11.9. The molecule has 0 N–H and O–H groups in total. The van der Waals surface area contributed by atoms with Crippen molar-refractivity contribution in [1.29, 1.82) is 0 Å². The summed E-state index contributed by atoms with van der Waals surface area (Å²) in [4.78, 5) is 11.6. The van der Waals surface area contributed by atoms with Crippen molar-refractivity contribution in [3.8, 4) is 0 Å². The smallest absolute Gasteiger partial charge is 0.133 e. The number of allylic oxidation sites excluding steroid dienone is 2. The summed E-state index contributed by atoms with van der Waals surface area (Å²) >= 11 is 0. The molecule has 0 aromatic heterocycles. The van der Waals surface area contributed by atoms with E-state index in [1.807, 2.05) is 0 Å². The first-order valence-electron chi connectivity index (χ1n) is 6.62. The number of hydrogen-bond donors (Lipinski definition) is 0. The molecule has 16 heavy (non-hydrogen) atoms. The van der Waals surface area contributed by atoms with Crippen LogP contribution in [0.5, 0.6) is 0 Å². The lowest BCUT2D eigenvalue weighted by atomic mass is 9.60. The van der Waals surface area contributed by atoms with Gasteiger partial charge in [0.2, 0.25) is 0 Å². The fourth-order valence-corrected chi connectivity index (χ4v) is 3.88. The molecule has 0 saturated heterocycles. The highest BCUT2D eigenvalue weighted by atomic mass is 16.1. The van der Waals surface area contributed by atoms with Crippen LogP contribution in [-0.4, -0.2) is 5.78 Å². The van der Waals surface area contributed by atoms with Crippen LogP contribution in [0.2, 0.25) is 0 Å². The minimum atomic E-state index is 0.445. The van der Waals surface area contributed by atoms with E-state index in [4.69, 9.17) is 0 Å². The predicted molar refractivity (Wildman–Crippen MR) is 67.2 cm³/mol. The average Bonchev–Trinajstić information content (AvgIpc) is 2.60. The molecule has 2 aliphatic carbocycles. The topological polar surface area (TPSA) is 17.1 Å². The highest BCUT2D eigenvalue weighted by Gasteiger charge is 2.48. The number of ketones is 1. The summed E-state index contributed by atoms with van der Waals surface area (Å²) in [5, 5.41) is 0. The summed E-state index contributed by atoms with van der Waals surface area (Å²) < 4.78 is 0. The van der Waals surface area contributed by atoms with Gasteiger partial charge in [-0.05, 0) is 50.4 Å². The van der Waals surface area contributed by atoms with E-state index in [2.05, 4.69) is 27.7 Å². The van der Waals surface area contributed by atoms with Gasteiger partial charge in [-0.1, -0.05) is 25.0 Å². The predicted octanol–water partition coefficient (Wildman–Crippen LogP) is 4.13. The maximum atomic E-state index is 11.6. The molecule has 2 rings (SSSR count). The van der Waals surface area contributed by atoms with Crippen LogP contribution in [-0.2, 0) is 4.79 Å². The maximum absolute atomic E-state index is 11.6. The van der Waals surface area contributed by atoms with Crippen LogP contribution in [0, 0.1) is 17.3 Å². The molecule has 0 aliphatic heterocycles. The monoisotopic (exact) mass is 220 g/mol. The summed E-state index contributed by atoms with van der Waals surface area (Å²) in [6.45, 7) is 9.05. The Labute approximate surface area is 99.3 Å². The van der Waals surface area contributed by atoms with Crippen molar-refractivity contribution in [1.82, 2.24) is 0 Å². The van der Waals surface area contributed by atoms with Crippen molar-refractivity contribution in [3.05, 3.63) is 11.1 Å². The van der Waals surface area contributed by atoms with E-state index in [9.17, 15) is 4.79 Å². The van der Waals surface area contributed by atoms with Gasteiger partial charge in [0.1, 0.15) is 5.78 Å². The lowest BCUT2D eigenvalue weighted by molar-refractivity contribution is -0.127. The molecule has 2 atom stereocenters. The second kappa shape index (κ2) is 4.01. The zero-order valence-electron chi connectivity index (χ0n) is 11.1. The van der Waals surface area contributed by atoms with Crippen LogP contribution in [0.25, 0.3) is 0 Å². The van der Waals surface area contributed by atoms with Crippen LogP contribution >= 0.6 is 0 Å². The summed E-state index contributed by atoms with van der Waals surface area (Å²) in [6, 6.07) is 0. The zero-order chi connectivity index (χ0) is 11.9. The Morgan fingerprint density at radius 2 is 1.75 bits per heavy atom. The highest BCUT2D eigenvalue weighted by molar-refractivity contribution is 5.80. The number of rotatable bonds is 0. The fourth-order valence-electron chi connectivity index (χ4n) is 3.88. The molecule has 0 heterocycles. The first-order chi connectivity index (χ1) is 7.45. The van der Waals surface area contributed by atoms with E-state index < -0.39 is 0 Å². The summed E-state index contributed by atoms with van der Waals surface area (Å²) in [7, 11) is 0. The molecule has 0 bridgehead atoms. The van der Waals surface area contributed by atoms with E-state index in [0.29, 0.717) is 23.0 Å².